The maximum atomic E-state index is 13.2. The molecule has 0 fully saturated rings. The van der Waals surface area contributed by atoms with Crippen LogP contribution in [0.5, 0.6) is 0 Å². The van der Waals surface area contributed by atoms with Gasteiger partial charge in [-0.15, -0.1) is 11.3 Å². The standard InChI is InChI=1S/C25H21ClN4O3S/c26-20-7-5-17(6-8-20)9-12-28-22(31)10-13-29-24(32)23-21(11-14-34-23)30(25(29)33)16-19-4-2-1-3-18(19)15-27/h1-8,11,14H,9-10,12-13,16H2,(H,28,31). The Morgan fingerprint density at radius 2 is 1.82 bits per heavy atom. The van der Waals surface area contributed by atoms with E-state index in [9.17, 15) is 19.6 Å². The molecule has 4 aromatic rings. The van der Waals surface area contributed by atoms with E-state index in [0.717, 1.165) is 10.1 Å². The van der Waals surface area contributed by atoms with Gasteiger partial charge in [0.1, 0.15) is 4.70 Å². The predicted molar refractivity (Wildman–Crippen MR) is 133 cm³/mol. The Kier molecular flexibility index (Phi) is 7.26. The molecule has 0 atom stereocenters. The van der Waals surface area contributed by atoms with E-state index in [1.54, 1.807) is 47.8 Å². The molecule has 0 aliphatic heterocycles. The Hall–Kier alpha value is -3.67. The summed E-state index contributed by atoms with van der Waals surface area (Å²) in [5.74, 6) is -0.243. The first-order valence-electron chi connectivity index (χ1n) is 10.7. The highest BCUT2D eigenvalue weighted by Gasteiger charge is 2.16. The maximum Gasteiger partial charge on any atom is 0.331 e. The molecule has 0 saturated heterocycles. The molecule has 0 bridgehead atoms. The van der Waals surface area contributed by atoms with Gasteiger partial charge in [0.15, 0.2) is 0 Å². The molecule has 0 saturated carbocycles. The van der Waals surface area contributed by atoms with Crippen molar-refractivity contribution in [2.24, 2.45) is 0 Å². The first-order chi connectivity index (χ1) is 16.5. The third-order valence-electron chi connectivity index (χ3n) is 5.51. The number of thiophene rings is 1. The van der Waals surface area contributed by atoms with Crippen LogP contribution in [0.1, 0.15) is 23.1 Å². The van der Waals surface area contributed by atoms with Crippen LogP contribution in [0.4, 0.5) is 0 Å². The molecule has 9 heteroatoms. The topological polar surface area (TPSA) is 96.9 Å². The molecule has 7 nitrogen and oxygen atoms in total. The van der Waals surface area contributed by atoms with Gasteiger partial charge in [-0.05, 0) is 47.2 Å². The zero-order valence-corrected chi connectivity index (χ0v) is 19.7. The van der Waals surface area contributed by atoms with E-state index in [2.05, 4.69) is 11.4 Å². The fourth-order valence-corrected chi connectivity index (χ4v) is 4.69. The highest BCUT2D eigenvalue weighted by atomic mass is 35.5. The summed E-state index contributed by atoms with van der Waals surface area (Å²) in [6.45, 7) is 0.566. The van der Waals surface area contributed by atoms with Crippen molar-refractivity contribution in [3.8, 4) is 6.07 Å². The molecular weight excluding hydrogens is 472 g/mol. The average Bonchev–Trinajstić information content (AvgIpc) is 3.33. The van der Waals surface area contributed by atoms with Gasteiger partial charge in [-0.1, -0.05) is 41.9 Å². The van der Waals surface area contributed by atoms with Gasteiger partial charge >= 0.3 is 5.69 Å². The number of benzene rings is 2. The summed E-state index contributed by atoms with van der Waals surface area (Å²) in [6, 6.07) is 18.3. The van der Waals surface area contributed by atoms with Gasteiger partial charge < -0.3 is 5.32 Å². The zero-order chi connectivity index (χ0) is 24.1. The Bertz CT molecular complexity index is 1500. The lowest BCUT2D eigenvalue weighted by atomic mass is 10.1. The van der Waals surface area contributed by atoms with Crippen LogP contribution < -0.4 is 16.6 Å². The smallest absolute Gasteiger partial charge is 0.331 e. The number of hydrogen-bond donors (Lipinski definition) is 1. The predicted octanol–water partition coefficient (Wildman–Crippen LogP) is 3.55. The fraction of sp³-hybridized carbons (Fsp3) is 0.200. The zero-order valence-electron chi connectivity index (χ0n) is 18.2. The number of fused-ring (bicyclic) bond motifs is 1. The second-order valence-electron chi connectivity index (χ2n) is 7.71. The molecule has 0 aliphatic carbocycles. The van der Waals surface area contributed by atoms with Gasteiger partial charge in [0.2, 0.25) is 5.91 Å². The quantitative estimate of drug-likeness (QED) is 0.407. The number of nitriles is 1. The van der Waals surface area contributed by atoms with E-state index in [-0.39, 0.29) is 25.4 Å². The largest absolute Gasteiger partial charge is 0.356 e. The Labute approximate surface area is 204 Å². The molecule has 172 valence electrons. The van der Waals surface area contributed by atoms with Gasteiger partial charge in [-0.25, -0.2) is 4.79 Å². The molecule has 1 N–H and O–H groups in total. The number of nitrogens with zero attached hydrogens (tertiary/aromatic N) is 3. The second-order valence-corrected chi connectivity index (χ2v) is 9.06. The normalized spacial score (nSPS) is 10.8. The van der Waals surface area contributed by atoms with E-state index in [4.69, 9.17) is 11.6 Å². The first kappa shape index (κ1) is 23.5. The van der Waals surface area contributed by atoms with Gasteiger partial charge in [-0.3, -0.25) is 18.7 Å². The number of carbonyl (C=O) groups is 1. The van der Waals surface area contributed by atoms with Gasteiger partial charge in [0.25, 0.3) is 5.56 Å². The van der Waals surface area contributed by atoms with Crippen molar-refractivity contribution in [2.75, 3.05) is 6.54 Å². The van der Waals surface area contributed by atoms with Crippen LogP contribution >= 0.6 is 22.9 Å². The van der Waals surface area contributed by atoms with Crippen molar-refractivity contribution in [2.45, 2.75) is 25.9 Å². The van der Waals surface area contributed by atoms with E-state index in [1.807, 2.05) is 12.1 Å². The molecule has 0 unspecified atom stereocenters. The van der Waals surface area contributed by atoms with E-state index >= 15 is 0 Å². The van der Waals surface area contributed by atoms with Gasteiger partial charge in [0.05, 0.1) is 23.7 Å². The SMILES string of the molecule is N#Cc1ccccc1Cn1c(=O)n(CCC(=O)NCCc2ccc(Cl)cc2)c(=O)c2sccc21. The summed E-state index contributed by atoms with van der Waals surface area (Å²) in [6.07, 6.45) is 0.649. The monoisotopic (exact) mass is 492 g/mol. The van der Waals surface area contributed by atoms with Gasteiger partial charge in [-0.2, -0.15) is 5.26 Å². The number of rotatable bonds is 8. The lowest BCUT2D eigenvalue weighted by Gasteiger charge is -2.13. The highest BCUT2D eigenvalue weighted by molar-refractivity contribution is 7.17. The number of nitrogens with one attached hydrogen (secondary N) is 1. The van der Waals surface area contributed by atoms with E-state index in [0.29, 0.717) is 39.3 Å². The highest BCUT2D eigenvalue weighted by Crippen LogP contribution is 2.17. The van der Waals surface area contributed by atoms with Crippen LogP contribution in [0.2, 0.25) is 5.02 Å². The van der Waals surface area contributed by atoms with Gasteiger partial charge in [0, 0.05) is 24.5 Å². The number of aromatic nitrogens is 2. The Morgan fingerprint density at radius 1 is 1.06 bits per heavy atom. The Morgan fingerprint density at radius 3 is 2.59 bits per heavy atom. The molecule has 2 aromatic carbocycles. The van der Waals surface area contributed by atoms with Crippen LogP contribution in [-0.2, 0) is 24.3 Å². The number of amides is 1. The molecule has 2 aromatic heterocycles. The maximum absolute atomic E-state index is 13.2. The number of carbonyl (C=O) groups excluding carboxylic acids is 1. The van der Waals surface area contributed by atoms with Crippen molar-refractivity contribution >= 4 is 39.1 Å². The van der Waals surface area contributed by atoms with Crippen LogP contribution in [0.25, 0.3) is 10.2 Å². The number of hydrogen-bond acceptors (Lipinski definition) is 5. The third kappa shape index (κ3) is 5.11. The molecule has 4 rings (SSSR count). The summed E-state index contributed by atoms with van der Waals surface area (Å²) in [4.78, 5) is 38.6. The van der Waals surface area contributed by atoms with Crippen molar-refractivity contribution in [3.05, 3.63) is 103 Å². The summed E-state index contributed by atoms with van der Waals surface area (Å²) in [5.41, 5.74) is 1.81. The minimum Gasteiger partial charge on any atom is -0.356 e. The van der Waals surface area contributed by atoms with Crippen molar-refractivity contribution in [1.82, 2.24) is 14.5 Å². The molecule has 2 heterocycles. The lowest BCUT2D eigenvalue weighted by Crippen LogP contribution is -2.41. The van der Waals surface area contributed by atoms with Crippen LogP contribution in [-0.4, -0.2) is 21.6 Å². The third-order valence-corrected chi connectivity index (χ3v) is 6.66. The fourth-order valence-electron chi connectivity index (χ4n) is 3.72. The van der Waals surface area contributed by atoms with Crippen molar-refractivity contribution in [3.63, 3.8) is 0 Å². The first-order valence-corrected chi connectivity index (χ1v) is 11.9. The van der Waals surface area contributed by atoms with E-state index < -0.39 is 11.2 Å². The summed E-state index contributed by atoms with van der Waals surface area (Å²) in [5, 5.41) is 14.6. The summed E-state index contributed by atoms with van der Waals surface area (Å²) < 4.78 is 3.03. The molecule has 0 aliphatic rings. The van der Waals surface area contributed by atoms with Crippen molar-refractivity contribution in [1.29, 1.82) is 5.26 Å². The molecule has 34 heavy (non-hydrogen) atoms. The van der Waals surface area contributed by atoms with Crippen LogP contribution in [0, 0.1) is 11.3 Å². The van der Waals surface area contributed by atoms with Crippen LogP contribution in [0.3, 0.4) is 0 Å². The lowest BCUT2D eigenvalue weighted by molar-refractivity contribution is -0.121. The molecule has 0 radical (unpaired) electrons. The number of halogens is 1. The second kappa shape index (κ2) is 10.5. The van der Waals surface area contributed by atoms with Crippen molar-refractivity contribution < 1.29 is 4.79 Å². The molecular formula is C25H21ClN4O3S. The van der Waals surface area contributed by atoms with Crippen LogP contribution in [0.15, 0.2) is 69.6 Å². The molecule has 1 amide bonds. The summed E-state index contributed by atoms with van der Waals surface area (Å²) in [7, 11) is 0. The summed E-state index contributed by atoms with van der Waals surface area (Å²) >= 11 is 7.13. The minimum atomic E-state index is -0.502. The minimum absolute atomic E-state index is 0.00142. The average molecular weight is 493 g/mol. The van der Waals surface area contributed by atoms with E-state index in [1.165, 1.54) is 15.9 Å². The Balaban J connectivity index is 1.50. The molecule has 0 spiro atoms.